The lowest BCUT2D eigenvalue weighted by Crippen LogP contribution is -1.82. The average molecular weight is 198 g/mol. The Bertz CT molecular complexity index is 486. The van der Waals surface area contributed by atoms with Gasteiger partial charge in [0, 0.05) is 11.5 Å². The summed E-state index contributed by atoms with van der Waals surface area (Å²) in [5.41, 5.74) is 1.62. The van der Waals surface area contributed by atoms with Crippen LogP contribution < -0.4 is 0 Å². The van der Waals surface area contributed by atoms with Gasteiger partial charge in [-0.3, -0.25) is 0 Å². The summed E-state index contributed by atoms with van der Waals surface area (Å²) in [5.74, 6) is 1.88. The molecule has 0 amide bonds. The van der Waals surface area contributed by atoms with Crippen LogP contribution in [0.25, 0.3) is 11.4 Å². The van der Waals surface area contributed by atoms with Crippen LogP contribution in [0.4, 0.5) is 0 Å². The van der Waals surface area contributed by atoms with E-state index in [2.05, 4.69) is 10.1 Å². The lowest BCUT2D eigenvalue weighted by Gasteiger charge is -1.94. The highest BCUT2D eigenvalue weighted by Crippen LogP contribution is 2.39. The Morgan fingerprint density at radius 3 is 2.93 bits per heavy atom. The van der Waals surface area contributed by atoms with E-state index in [0.717, 1.165) is 11.5 Å². The van der Waals surface area contributed by atoms with Gasteiger partial charge in [-0.2, -0.15) is 4.98 Å². The molecule has 0 aliphatic heterocycles. The Labute approximate surface area is 88.1 Å². The second kappa shape index (κ2) is 3.19. The van der Waals surface area contributed by atoms with Gasteiger partial charge in [0.1, 0.15) is 0 Å². The number of hydrogen-bond acceptors (Lipinski definition) is 3. The summed E-state index contributed by atoms with van der Waals surface area (Å²) >= 11 is 0. The molecule has 1 fully saturated rings. The van der Waals surface area contributed by atoms with Crippen LogP contribution in [0.5, 0.6) is 0 Å². The first kappa shape index (κ1) is 8.65. The summed E-state index contributed by atoms with van der Waals surface area (Å²) in [6.07, 6.45) is 2.33. The van der Waals surface area contributed by atoms with Gasteiger partial charge in [-0.15, -0.1) is 0 Å². The normalized spacial score (nSPS) is 15.5. The second-order valence-electron chi connectivity index (χ2n) is 3.86. The van der Waals surface area contributed by atoms with E-state index in [1.165, 1.54) is 12.8 Å². The Balaban J connectivity index is 1.97. The molecule has 3 nitrogen and oxygen atoms in total. The quantitative estimate of drug-likeness (QED) is 0.744. The van der Waals surface area contributed by atoms with Gasteiger partial charge in [-0.1, -0.05) is 23.4 Å². The van der Waals surface area contributed by atoms with Gasteiger partial charge < -0.3 is 4.52 Å². The first-order valence-electron chi connectivity index (χ1n) is 5.02. The van der Waals surface area contributed by atoms with E-state index in [-0.39, 0.29) is 0 Å². The van der Waals surface area contributed by atoms with Crippen molar-refractivity contribution in [2.24, 2.45) is 0 Å². The molecule has 0 bridgehead atoms. The van der Waals surface area contributed by atoms with E-state index in [9.17, 15) is 0 Å². The van der Waals surface area contributed by atoms with Gasteiger partial charge in [0.2, 0.25) is 11.7 Å². The fourth-order valence-corrected chi connectivity index (χ4v) is 1.53. The molecule has 0 atom stereocenters. The van der Waals surface area contributed by atoms with Crippen LogP contribution in [-0.2, 0) is 0 Å². The van der Waals surface area contributed by atoms with Gasteiger partial charge in [-0.25, -0.2) is 0 Å². The highest BCUT2D eigenvalue weighted by atomic mass is 16.5. The molecule has 15 heavy (non-hydrogen) atoms. The van der Waals surface area contributed by atoms with Gasteiger partial charge in [0.05, 0.1) is 0 Å². The van der Waals surface area contributed by atoms with Crippen molar-refractivity contribution in [1.29, 1.82) is 0 Å². The van der Waals surface area contributed by atoms with Crippen LogP contribution >= 0.6 is 0 Å². The van der Waals surface area contributed by atoms with Crippen molar-refractivity contribution in [3.63, 3.8) is 0 Å². The van der Waals surface area contributed by atoms with Crippen molar-refractivity contribution in [2.75, 3.05) is 0 Å². The third kappa shape index (κ3) is 1.65. The van der Waals surface area contributed by atoms with Crippen molar-refractivity contribution in [3.05, 3.63) is 42.6 Å². The van der Waals surface area contributed by atoms with E-state index in [1.807, 2.05) is 24.3 Å². The maximum absolute atomic E-state index is 5.69. The summed E-state index contributed by atoms with van der Waals surface area (Å²) < 4.78 is 5.18. The molecule has 1 saturated carbocycles. The zero-order valence-corrected chi connectivity index (χ0v) is 8.18. The molecule has 1 heterocycles. The maximum atomic E-state index is 5.69. The molecule has 2 radical (unpaired) electrons. The van der Waals surface area contributed by atoms with Crippen LogP contribution in [-0.4, -0.2) is 10.1 Å². The molecule has 0 spiro atoms. The third-order valence-electron chi connectivity index (χ3n) is 2.51. The Hall–Kier alpha value is -1.64. The molecule has 3 heteroatoms. The van der Waals surface area contributed by atoms with E-state index in [0.29, 0.717) is 17.3 Å². The average Bonchev–Trinajstić information content (AvgIpc) is 2.97. The van der Waals surface area contributed by atoms with Crippen LogP contribution in [0.15, 0.2) is 28.8 Å². The number of nitrogens with zero attached hydrogens (tertiary/aromatic N) is 2. The molecule has 74 valence electrons. The molecule has 2 aromatic rings. The van der Waals surface area contributed by atoms with E-state index in [4.69, 9.17) is 11.4 Å². The highest BCUT2D eigenvalue weighted by Gasteiger charge is 2.29. The fraction of sp³-hybridized carbons (Fsp3) is 0.250. The highest BCUT2D eigenvalue weighted by molar-refractivity contribution is 5.55. The van der Waals surface area contributed by atoms with Crippen molar-refractivity contribution in [3.8, 4) is 11.4 Å². The zero-order chi connectivity index (χ0) is 10.3. The predicted molar refractivity (Wildman–Crippen MR) is 55.1 cm³/mol. The van der Waals surface area contributed by atoms with E-state index >= 15 is 0 Å². The SMILES string of the molecule is [CH]c1cccc(-c2noc(C3CC3)n2)c1. The van der Waals surface area contributed by atoms with E-state index < -0.39 is 0 Å². The largest absolute Gasteiger partial charge is 0.339 e. The van der Waals surface area contributed by atoms with Gasteiger partial charge in [0.15, 0.2) is 0 Å². The van der Waals surface area contributed by atoms with Crippen molar-refractivity contribution >= 4 is 0 Å². The number of aromatic nitrogens is 2. The monoisotopic (exact) mass is 198 g/mol. The second-order valence-corrected chi connectivity index (χ2v) is 3.86. The molecule has 1 aliphatic rings. The minimum Gasteiger partial charge on any atom is -0.339 e. The van der Waals surface area contributed by atoms with Crippen LogP contribution in [0.3, 0.4) is 0 Å². The summed E-state index contributed by atoms with van der Waals surface area (Å²) in [5, 5.41) is 3.95. The molecule has 1 aromatic heterocycles. The summed E-state index contributed by atoms with van der Waals surface area (Å²) in [6.45, 7) is 5.69. The smallest absolute Gasteiger partial charge is 0.230 e. The zero-order valence-electron chi connectivity index (χ0n) is 8.18. The first-order chi connectivity index (χ1) is 7.33. The molecule has 1 aliphatic carbocycles. The first-order valence-corrected chi connectivity index (χ1v) is 5.02. The standard InChI is InChI=1S/C12H10N2O/c1-8-3-2-4-10(7-8)11-13-12(15-14-11)9-5-6-9/h1-4,7,9H,5-6H2. The number of rotatable bonds is 2. The maximum Gasteiger partial charge on any atom is 0.230 e. The Kier molecular flexibility index (Phi) is 1.84. The number of hydrogen-bond donors (Lipinski definition) is 0. The van der Waals surface area contributed by atoms with E-state index in [1.54, 1.807) is 0 Å². The predicted octanol–water partition coefficient (Wildman–Crippen LogP) is 2.67. The third-order valence-corrected chi connectivity index (χ3v) is 2.51. The van der Waals surface area contributed by atoms with Crippen molar-refractivity contribution < 1.29 is 4.52 Å². The molecule has 0 unspecified atom stereocenters. The number of benzene rings is 1. The molecule has 0 saturated heterocycles. The summed E-state index contributed by atoms with van der Waals surface area (Å²) in [7, 11) is 0. The molecule has 1 aromatic carbocycles. The summed E-state index contributed by atoms with van der Waals surface area (Å²) in [4.78, 5) is 4.35. The molecular weight excluding hydrogens is 188 g/mol. The Morgan fingerprint density at radius 1 is 1.33 bits per heavy atom. The fourth-order valence-electron chi connectivity index (χ4n) is 1.53. The molecule has 3 rings (SSSR count). The van der Waals surface area contributed by atoms with Gasteiger partial charge in [-0.05, 0) is 31.4 Å². The van der Waals surface area contributed by atoms with Crippen LogP contribution in [0, 0.1) is 6.92 Å². The minimum atomic E-state index is 0.493. The van der Waals surface area contributed by atoms with Gasteiger partial charge in [0.25, 0.3) is 0 Å². The van der Waals surface area contributed by atoms with Crippen molar-refractivity contribution in [1.82, 2.24) is 10.1 Å². The van der Waals surface area contributed by atoms with Crippen molar-refractivity contribution in [2.45, 2.75) is 18.8 Å². The summed E-state index contributed by atoms with van der Waals surface area (Å²) in [6, 6.07) is 7.50. The lowest BCUT2D eigenvalue weighted by molar-refractivity contribution is 0.380. The van der Waals surface area contributed by atoms with Crippen LogP contribution in [0.1, 0.15) is 30.2 Å². The van der Waals surface area contributed by atoms with Crippen LogP contribution in [0.2, 0.25) is 0 Å². The molecular formula is C12H10N2O. The lowest BCUT2D eigenvalue weighted by atomic mass is 10.1. The Morgan fingerprint density at radius 2 is 2.20 bits per heavy atom. The topological polar surface area (TPSA) is 38.9 Å². The van der Waals surface area contributed by atoms with Gasteiger partial charge >= 0.3 is 0 Å². The minimum absolute atomic E-state index is 0.493. The molecule has 0 N–H and O–H groups in total.